The van der Waals surface area contributed by atoms with E-state index in [0.29, 0.717) is 11.6 Å². The molecule has 20 heavy (non-hydrogen) atoms. The second-order valence-electron chi connectivity index (χ2n) is 5.01. The summed E-state index contributed by atoms with van der Waals surface area (Å²) in [6.45, 7) is 6.20. The average molecular weight is 315 g/mol. The summed E-state index contributed by atoms with van der Waals surface area (Å²) in [5, 5.41) is 0.860. The van der Waals surface area contributed by atoms with Crippen molar-refractivity contribution in [3.8, 4) is 11.5 Å². The molecule has 0 aliphatic heterocycles. The maximum Gasteiger partial charge on any atom is 0.360 e. The zero-order valence-electron chi connectivity index (χ0n) is 11.7. The van der Waals surface area contributed by atoms with Crippen LogP contribution in [0.3, 0.4) is 0 Å². The normalized spacial score (nSPS) is 12.3. The second kappa shape index (κ2) is 5.82. The summed E-state index contributed by atoms with van der Waals surface area (Å²) in [5.41, 5.74) is 0.573. The SMILES string of the molecule is CCc1nc(-c2occc2P(=O)(O)O)c(CC(C)C)s1. The van der Waals surface area contributed by atoms with Gasteiger partial charge >= 0.3 is 7.60 Å². The number of hydrogen-bond donors (Lipinski definition) is 2. The Morgan fingerprint density at radius 2 is 2.15 bits per heavy atom. The van der Waals surface area contributed by atoms with Crippen LogP contribution in [-0.4, -0.2) is 14.8 Å². The van der Waals surface area contributed by atoms with Crippen LogP contribution in [-0.2, 0) is 17.4 Å². The third-order valence-corrected chi connectivity index (χ3v) is 5.01. The van der Waals surface area contributed by atoms with Crippen molar-refractivity contribution in [2.45, 2.75) is 33.6 Å². The maximum absolute atomic E-state index is 11.5. The molecule has 0 aliphatic rings. The molecule has 0 unspecified atom stereocenters. The van der Waals surface area contributed by atoms with Crippen LogP contribution < -0.4 is 5.30 Å². The van der Waals surface area contributed by atoms with E-state index < -0.39 is 7.60 Å². The van der Waals surface area contributed by atoms with Gasteiger partial charge in [-0.15, -0.1) is 11.3 Å². The average Bonchev–Trinajstić information content (AvgIpc) is 2.92. The molecule has 0 aliphatic carbocycles. The molecule has 0 spiro atoms. The highest BCUT2D eigenvalue weighted by Gasteiger charge is 2.28. The molecule has 2 N–H and O–H groups in total. The molecular weight excluding hydrogens is 297 g/mol. The van der Waals surface area contributed by atoms with Crippen LogP contribution in [0.15, 0.2) is 16.7 Å². The number of thiazole rings is 1. The molecule has 0 bridgehead atoms. The molecule has 2 aromatic rings. The van der Waals surface area contributed by atoms with Gasteiger partial charge in [-0.2, -0.15) is 0 Å². The Hall–Kier alpha value is -0.940. The molecule has 110 valence electrons. The number of hydrogen-bond acceptors (Lipinski definition) is 4. The number of rotatable bonds is 5. The largest absolute Gasteiger partial charge is 0.462 e. The van der Waals surface area contributed by atoms with Gasteiger partial charge in [0.25, 0.3) is 0 Å². The van der Waals surface area contributed by atoms with E-state index in [-0.39, 0.29) is 11.1 Å². The van der Waals surface area contributed by atoms with E-state index in [4.69, 9.17) is 4.42 Å². The molecule has 0 amide bonds. The first-order valence-corrected chi connectivity index (χ1v) is 8.88. The highest BCUT2D eigenvalue weighted by atomic mass is 32.1. The second-order valence-corrected chi connectivity index (χ2v) is 7.75. The van der Waals surface area contributed by atoms with Crippen LogP contribution >= 0.6 is 18.9 Å². The number of furan rings is 1. The molecule has 2 heterocycles. The summed E-state index contributed by atoms with van der Waals surface area (Å²) in [6.07, 6.45) is 2.91. The maximum atomic E-state index is 11.5. The van der Waals surface area contributed by atoms with Crippen LogP contribution in [0.25, 0.3) is 11.5 Å². The minimum absolute atomic E-state index is 0.0875. The summed E-state index contributed by atoms with van der Waals surface area (Å²) in [6, 6.07) is 1.32. The van der Waals surface area contributed by atoms with Gasteiger partial charge in [-0.3, -0.25) is 4.57 Å². The quantitative estimate of drug-likeness (QED) is 0.829. The van der Waals surface area contributed by atoms with Gasteiger partial charge in [-0.1, -0.05) is 20.8 Å². The lowest BCUT2D eigenvalue weighted by Gasteiger charge is -2.06. The number of nitrogens with zero attached hydrogens (tertiary/aromatic N) is 1. The molecule has 2 aromatic heterocycles. The number of aromatic nitrogens is 1. The summed E-state index contributed by atoms with van der Waals surface area (Å²) in [5.74, 6) is 0.636. The predicted molar refractivity (Wildman–Crippen MR) is 79.4 cm³/mol. The van der Waals surface area contributed by atoms with Crippen LogP contribution in [0.2, 0.25) is 0 Å². The summed E-state index contributed by atoms with van der Waals surface area (Å²) in [7, 11) is -4.36. The van der Waals surface area contributed by atoms with Crippen molar-refractivity contribution in [2.24, 2.45) is 5.92 Å². The Kier molecular flexibility index (Phi) is 4.49. The van der Waals surface area contributed by atoms with Gasteiger partial charge in [0, 0.05) is 4.88 Å². The van der Waals surface area contributed by atoms with Crippen molar-refractivity contribution in [3.05, 3.63) is 22.2 Å². The van der Waals surface area contributed by atoms with Gasteiger partial charge in [0.05, 0.1) is 11.3 Å². The third-order valence-electron chi connectivity index (χ3n) is 2.81. The van der Waals surface area contributed by atoms with Crippen molar-refractivity contribution < 1.29 is 18.8 Å². The smallest absolute Gasteiger partial charge is 0.360 e. The van der Waals surface area contributed by atoms with Crippen LogP contribution in [0.4, 0.5) is 0 Å². The van der Waals surface area contributed by atoms with Crippen molar-refractivity contribution in [1.29, 1.82) is 0 Å². The van der Waals surface area contributed by atoms with E-state index in [1.165, 1.54) is 12.3 Å². The molecule has 0 fully saturated rings. The lowest BCUT2D eigenvalue weighted by molar-refractivity contribution is 0.387. The zero-order chi connectivity index (χ0) is 14.9. The molecular formula is C13H18NO4PS. The Morgan fingerprint density at radius 3 is 2.70 bits per heavy atom. The summed E-state index contributed by atoms with van der Waals surface area (Å²) >= 11 is 1.58. The van der Waals surface area contributed by atoms with E-state index in [0.717, 1.165) is 22.7 Å². The van der Waals surface area contributed by atoms with Gasteiger partial charge in [0.2, 0.25) is 0 Å². The Balaban J connectivity index is 2.55. The van der Waals surface area contributed by atoms with E-state index in [9.17, 15) is 14.4 Å². The summed E-state index contributed by atoms with van der Waals surface area (Å²) < 4.78 is 16.8. The van der Waals surface area contributed by atoms with Crippen LogP contribution in [0.1, 0.15) is 30.7 Å². The Bertz CT molecular complexity index is 641. The molecule has 0 radical (unpaired) electrons. The van der Waals surface area contributed by atoms with E-state index in [1.54, 1.807) is 11.3 Å². The van der Waals surface area contributed by atoms with Gasteiger partial charge < -0.3 is 14.2 Å². The van der Waals surface area contributed by atoms with Gasteiger partial charge in [0.15, 0.2) is 5.76 Å². The summed E-state index contributed by atoms with van der Waals surface area (Å²) in [4.78, 5) is 24.3. The fraction of sp³-hybridized carbons (Fsp3) is 0.462. The van der Waals surface area contributed by atoms with Crippen molar-refractivity contribution >= 4 is 24.2 Å². The zero-order valence-corrected chi connectivity index (χ0v) is 13.4. The van der Waals surface area contributed by atoms with Gasteiger partial charge in [0.1, 0.15) is 11.0 Å². The Labute approximate surface area is 121 Å². The van der Waals surface area contributed by atoms with E-state index in [1.807, 2.05) is 6.92 Å². The molecule has 0 aromatic carbocycles. The minimum Gasteiger partial charge on any atom is -0.462 e. The molecule has 0 saturated heterocycles. The predicted octanol–water partition coefficient (Wildman–Crippen LogP) is 2.97. The van der Waals surface area contributed by atoms with Crippen LogP contribution in [0.5, 0.6) is 0 Å². The minimum atomic E-state index is -4.36. The molecule has 2 rings (SSSR count). The third kappa shape index (κ3) is 3.20. The van der Waals surface area contributed by atoms with Crippen molar-refractivity contribution in [2.75, 3.05) is 0 Å². The highest BCUT2D eigenvalue weighted by molar-refractivity contribution is 7.60. The molecule has 0 atom stereocenters. The lowest BCUT2D eigenvalue weighted by atomic mass is 10.1. The standard InChI is InChI=1S/C13H18NO4PS/c1-4-11-14-12(10(20-11)7-8(2)3)13-9(5-6-18-13)19(15,16)17/h5-6,8H,4,7H2,1-3H3,(H2,15,16,17). The lowest BCUT2D eigenvalue weighted by Crippen LogP contribution is -2.05. The first-order chi connectivity index (χ1) is 9.32. The van der Waals surface area contributed by atoms with E-state index >= 15 is 0 Å². The van der Waals surface area contributed by atoms with Gasteiger partial charge in [-0.25, -0.2) is 4.98 Å². The molecule has 0 saturated carbocycles. The number of aryl methyl sites for hydroxylation is 1. The molecule has 7 heteroatoms. The Morgan fingerprint density at radius 1 is 1.45 bits per heavy atom. The van der Waals surface area contributed by atoms with Crippen molar-refractivity contribution in [3.63, 3.8) is 0 Å². The van der Waals surface area contributed by atoms with Crippen molar-refractivity contribution in [1.82, 2.24) is 4.98 Å². The topological polar surface area (TPSA) is 83.6 Å². The van der Waals surface area contributed by atoms with E-state index in [2.05, 4.69) is 18.8 Å². The fourth-order valence-corrected chi connectivity index (χ4v) is 3.84. The molecule has 5 nitrogen and oxygen atoms in total. The fourth-order valence-electron chi connectivity index (χ4n) is 1.95. The first-order valence-electron chi connectivity index (χ1n) is 6.45. The highest BCUT2D eigenvalue weighted by Crippen LogP contribution is 2.40. The first kappa shape index (κ1) is 15.4. The van der Waals surface area contributed by atoms with Crippen LogP contribution in [0, 0.1) is 5.92 Å². The monoisotopic (exact) mass is 315 g/mol. The van der Waals surface area contributed by atoms with Gasteiger partial charge in [-0.05, 0) is 24.8 Å².